The smallest absolute Gasteiger partial charge is 0.323 e. The van der Waals surface area contributed by atoms with Gasteiger partial charge in [0, 0.05) is 6.04 Å². The molecule has 2 saturated carbocycles. The molecule has 2 aliphatic carbocycles. The van der Waals surface area contributed by atoms with Crippen LogP contribution in [-0.2, 0) is 4.79 Å². The molecule has 88 valence electrons. The standard InChI is InChI=1S/C12H18N2O2/c1-8-3-2-6-12(7-8)10(15)14(9-4-5-9)11(16)13-12/h8-9H,2-7H2,1H3,(H,13,16). The number of imide groups is 1. The molecule has 16 heavy (non-hydrogen) atoms. The van der Waals surface area contributed by atoms with Crippen LogP contribution in [0.25, 0.3) is 0 Å². The summed E-state index contributed by atoms with van der Waals surface area (Å²) in [5, 5.41) is 2.96. The number of hydrogen-bond acceptors (Lipinski definition) is 2. The number of rotatable bonds is 1. The molecule has 3 amide bonds. The van der Waals surface area contributed by atoms with Crippen molar-refractivity contribution in [3.05, 3.63) is 0 Å². The zero-order valence-corrected chi connectivity index (χ0v) is 9.66. The average molecular weight is 222 g/mol. The van der Waals surface area contributed by atoms with Crippen LogP contribution in [0.5, 0.6) is 0 Å². The first kappa shape index (κ1) is 10.1. The van der Waals surface area contributed by atoms with Gasteiger partial charge in [-0.05, 0) is 31.6 Å². The van der Waals surface area contributed by atoms with E-state index >= 15 is 0 Å². The lowest BCUT2D eigenvalue weighted by Gasteiger charge is -2.34. The fraction of sp³-hybridized carbons (Fsp3) is 0.833. The van der Waals surface area contributed by atoms with E-state index < -0.39 is 5.54 Å². The SMILES string of the molecule is CC1CCCC2(C1)NC(=O)N(C1CC1)C2=O. The lowest BCUT2D eigenvalue weighted by molar-refractivity contribution is -0.133. The average Bonchev–Trinajstić information content (AvgIpc) is 2.98. The fourth-order valence-electron chi connectivity index (χ4n) is 3.16. The minimum Gasteiger partial charge on any atom is -0.323 e. The van der Waals surface area contributed by atoms with Crippen molar-refractivity contribution in [3.63, 3.8) is 0 Å². The van der Waals surface area contributed by atoms with Crippen LogP contribution in [-0.4, -0.2) is 28.4 Å². The number of nitrogens with zero attached hydrogens (tertiary/aromatic N) is 1. The highest BCUT2D eigenvalue weighted by atomic mass is 16.2. The van der Waals surface area contributed by atoms with E-state index in [1.54, 1.807) is 0 Å². The molecule has 1 aliphatic heterocycles. The molecule has 3 rings (SSSR count). The predicted octanol–water partition coefficient (Wildman–Crippen LogP) is 1.65. The Kier molecular flexibility index (Phi) is 2.03. The summed E-state index contributed by atoms with van der Waals surface area (Å²) >= 11 is 0. The molecule has 0 aromatic heterocycles. The molecule has 4 nitrogen and oxygen atoms in total. The third-order valence-corrected chi connectivity index (χ3v) is 4.10. The Bertz CT molecular complexity index is 351. The van der Waals surface area contributed by atoms with Crippen molar-refractivity contribution in [2.45, 2.75) is 57.0 Å². The van der Waals surface area contributed by atoms with Crippen molar-refractivity contribution in [2.24, 2.45) is 5.92 Å². The molecule has 1 heterocycles. The van der Waals surface area contributed by atoms with Crippen molar-refractivity contribution < 1.29 is 9.59 Å². The first-order chi connectivity index (χ1) is 7.62. The molecule has 1 spiro atoms. The lowest BCUT2D eigenvalue weighted by Crippen LogP contribution is -2.50. The Labute approximate surface area is 95.4 Å². The highest BCUT2D eigenvalue weighted by Crippen LogP contribution is 2.40. The van der Waals surface area contributed by atoms with E-state index in [0.29, 0.717) is 5.92 Å². The number of carbonyl (C=O) groups excluding carboxylic acids is 2. The van der Waals surface area contributed by atoms with E-state index in [1.165, 1.54) is 11.3 Å². The van der Waals surface area contributed by atoms with Crippen LogP contribution in [0.3, 0.4) is 0 Å². The molecular formula is C12H18N2O2. The van der Waals surface area contributed by atoms with E-state index in [9.17, 15) is 9.59 Å². The maximum Gasteiger partial charge on any atom is 0.325 e. The van der Waals surface area contributed by atoms with Crippen LogP contribution in [0, 0.1) is 5.92 Å². The third kappa shape index (κ3) is 1.35. The van der Waals surface area contributed by atoms with Gasteiger partial charge in [0.1, 0.15) is 5.54 Å². The van der Waals surface area contributed by atoms with Crippen LogP contribution in [0.15, 0.2) is 0 Å². The molecular weight excluding hydrogens is 204 g/mol. The molecule has 0 aromatic rings. The van der Waals surface area contributed by atoms with Gasteiger partial charge in [0.15, 0.2) is 0 Å². The monoisotopic (exact) mass is 222 g/mol. The molecule has 1 N–H and O–H groups in total. The van der Waals surface area contributed by atoms with Gasteiger partial charge >= 0.3 is 6.03 Å². The van der Waals surface area contributed by atoms with E-state index in [0.717, 1.165) is 32.1 Å². The summed E-state index contributed by atoms with van der Waals surface area (Å²) in [5.74, 6) is 0.587. The molecule has 2 atom stereocenters. The molecule has 0 radical (unpaired) electrons. The fourth-order valence-corrected chi connectivity index (χ4v) is 3.16. The molecule has 3 fully saturated rings. The zero-order chi connectivity index (χ0) is 11.3. The largest absolute Gasteiger partial charge is 0.325 e. The van der Waals surface area contributed by atoms with E-state index in [4.69, 9.17) is 0 Å². The highest BCUT2D eigenvalue weighted by molar-refractivity contribution is 6.07. The second-order valence-electron chi connectivity index (χ2n) is 5.62. The molecule has 4 heteroatoms. The van der Waals surface area contributed by atoms with Gasteiger partial charge in [-0.1, -0.05) is 19.8 Å². The number of carbonyl (C=O) groups is 2. The molecule has 1 saturated heterocycles. The third-order valence-electron chi connectivity index (χ3n) is 4.10. The summed E-state index contributed by atoms with van der Waals surface area (Å²) < 4.78 is 0. The van der Waals surface area contributed by atoms with E-state index in [-0.39, 0.29) is 18.0 Å². The van der Waals surface area contributed by atoms with Crippen molar-refractivity contribution >= 4 is 11.9 Å². The predicted molar refractivity (Wildman–Crippen MR) is 58.8 cm³/mol. The maximum atomic E-state index is 12.4. The van der Waals surface area contributed by atoms with Gasteiger partial charge in [0.25, 0.3) is 5.91 Å². The first-order valence-corrected chi connectivity index (χ1v) is 6.28. The zero-order valence-electron chi connectivity index (χ0n) is 9.66. The Morgan fingerprint density at radius 3 is 2.69 bits per heavy atom. The minimum absolute atomic E-state index is 0.0477. The summed E-state index contributed by atoms with van der Waals surface area (Å²) in [6, 6.07) is 0.0470. The van der Waals surface area contributed by atoms with Gasteiger partial charge in [0.05, 0.1) is 0 Å². The quantitative estimate of drug-likeness (QED) is 0.686. The molecule has 2 unspecified atom stereocenters. The summed E-state index contributed by atoms with van der Waals surface area (Å²) in [4.78, 5) is 25.7. The maximum absolute atomic E-state index is 12.4. The number of hydrogen-bond donors (Lipinski definition) is 1. The molecule has 3 aliphatic rings. The highest BCUT2D eigenvalue weighted by Gasteiger charge is 2.55. The van der Waals surface area contributed by atoms with Crippen molar-refractivity contribution in [1.82, 2.24) is 10.2 Å². The molecule has 0 bridgehead atoms. The van der Waals surface area contributed by atoms with Crippen molar-refractivity contribution in [3.8, 4) is 0 Å². The topological polar surface area (TPSA) is 49.4 Å². The van der Waals surface area contributed by atoms with Gasteiger partial charge in [-0.3, -0.25) is 9.69 Å². The van der Waals surface area contributed by atoms with Gasteiger partial charge in [-0.15, -0.1) is 0 Å². The summed E-state index contributed by atoms with van der Waals surface area (Å²) in [7, 11) is 0. The van der Waals surface area contributed by atoms with Gasteiger partial charge in [-0.2, -0.15) is 0 Å². The van der Waals surface area contributed by atoms with Crippen LogP contribution in [0.2, 0.25) is 0 Å². The van der Waals surface area contributed by atoms with Gasteiger partial charge in [-0.25, -0.2) is 4.79 Å². The minimum atomic E-state index is -0.544. The summed E-state index contributed by atoms with van der Waals surface area (Å²) in [6.45, 7) is 2.17. The summed E-state index contributed by atoms with van der Waals surface area (Å²) in [6.07, 6.45) is 5.85. The Hall–Kier alpha value is -1.06. The summed E-state index contributed by atoms with van der Waals surface area (Å²) in [5.41, 5.74) is -0.544. The first-order valence-electron chi connectivity index (χ1n) is 6.28. The van der Waals surface area contributed by atoms with Crippen LogP contribution < -0.4 is 5.32 Å². The van der Waals surface area contributed by atoms with Gasteiger partial charge < -0.3 is 5.32 Å². The molecule has 0 aromatic carbocycles. The van der Waals surface area contributed by atoms with Crippen LogP contribution in [0.1, 0.15) is 45.4 Å². The van der Waals surface area contributed by atoms with Crippen molar-refractivity contribution in [2.75, 3.05) is 0 Å². The Morgan fingerprint density at radius 2 is 2.06 bits per heavy atom. The van der Waals surface area contributed by atoms with Gasteiger partial charge in [0.2, 0.25) is 0 Å². The second kappa shape index (κ2) is 3.22. The van der Waals surface area contributed by atoms with Crippen LogP contribution >= 0.6 is 0 Å². The Morgan fingerprint density at radius 1 is 1.31 bits per heavy atom. The van der Waals surface area contributed by atoms with Crippen LogP contribution in [0.4, 0.5) is 4.79 Å². The number of nitrogens with one attached hydrogen (secondary N) is 1. The lowest BCUT2D eigenvalue weighted by atomic mass is 9.76. The normalized spacial score (nSPS) is 39.3. The second-order valence-corrected chi connectivity index (χ2v) is 5.62. The number of amides is 3. The van der Waals surface area contributed by atoms with Crippen molar-refractivity contribution in [1.29, 1.82) is 0 Å². The number of urea groups is 1. The van der Waals surface area contributed by atoms with E-state index in [1.807, 2.05) is 0 Å². The van der Waals surface area contributed by atoms with E-state index in [2.05, 4.69) is 12.2 Å². The Balaban J connectivity index is 1.86.